The molecule has 1 atom stereocenters. The summed E-state index contributed by atoms with van der Waals surface area (Å²) in [5.74, 6) is -0.0669. The smallest absolute Gasteiger partial charge is 0.251 e. The predicted octanol–water partition coefficient (Wildman–Crippen LogP) is 2.06. The number of hydrogen-bond donors (Lipinski definition) is 2. The minimum atomic E-state index is -0.0669. The molecule has 94 valence electrons. The van der Waals surface area contributed by atoms with Crippen LogP contribution in [0.25, 0.3) is 0 Å². The number of benzene rings is 1. The summed E-state index contributed by atoms with van der Waals surface area (Å²) in [5, 5.41) is 2.79. The molecule has 1 aromatic rings. The molecule has 1 aromatic carbocycles. The molecule has 3 N–H and O–H groups in total. The fraction of sp³-hybridized carbons (Fsp3) is 0.500. The van der Waals surface area contributed by atoms with Crippen LogP contribution in [-0.4, -0.2) is 18.5 Å². The van der Waals surface area contributed by atoms with Crippen LogP contribution in [0.4, 0.5) is 0 Å². The van der Waals surface area contributed by atoms with E-state index in [4.69, 9.17) is 5.73 Å². The lowest BCUT2D eigenvalue weighted by Gasteiger charge is -2.19. The fourth-order valence-corrected chi connectivity index (χ4v) is 1.48. The Morgan fingerprint density at radius 3 is 2.24 bits per heavy atom. The van der Waals surface area contributed by atoms with Gasteiger partial charge in [-0.2, -0.15) is 0 Å². The topological polar surface area (TPSA) is 55.1 Å². The summed E-state index contributed by atoms with van der Waals surface area (Å²) in [6, 6.07) is 7.70. The SMILES string of the molecule is CC(N)CNC(=O)c1ccc(C(C)(C)C)cc1. The zero-order chi connectivity index (χ0) is 13.1. The first-order valence-corrected chi connectivity index (χ1v) is 5.95. The Balaban J connectivity index is 2.71. The second-order valence-electron chi connectivity index (χ2n) is 5.51. The Labute approximate surface area is 103 Å². The van der Waals surface area contributed by atoms with Gasteiger partial charge in [-0.05, 0) is 30.0 Å². The highest BCUT2D eigenvalue weighted by molar-refractivity contribution is 5.94. The van der Waals surface area contributed by atoms with E-state index in [-0.39, 0.29) is 17.4 Å². The molecule has 1 amide bonds. The number of hydrogen-bond acceptors (Lipinski definition) is 2. The van der Waals surface area contributed by atoms with Crippen molar-refractivity contribution >= 4 is 5.91 Å². The minimum Gasteiger partial charge on any atom is -0.350 e. The Morgan fingerprint density at radius 1 is 1.29 bits per heavy atom. The van der Waals surface area contributed by atoms with Crippen molar-refractivity contribution in [2.75, 3.05) is 6.54 Å². The van der Waals surface area contributed by atoms with Gasteiger partial charge in [0.1, 0.15) is 0 Å². The Kier molecular flexibility index (Phi) is 4.29. The van der Waals surface area contributed by atoms with Crippen LogP contribution in [0.15, 0.2) is 24.3 Å². The van der Waals surface area contributed by atoms with Crippen LogP contribution in [0.1, 0.15) is 43.6 Å². The van der Waals surface area contributed by atoms with Crippen LogP contribution in [0.3, 0.4) is 0 Å². The molecule has 3 heteroatoms. The molecule has 0 aromatic heterocycles. The second kappa shape index (κ2) is 5.32. The van der Waals surface area contributed by atoms with Crippen LogP contribution in [0.5, 0.6) is 0 Å². The predicted molar refractivity (Wildman–Crippen MR) is 71.1 cm³/mol. The number of rotatable bonds is 3. The van der Waals surface area contributed by atoms with E-state index in [0.29, 0.717) is 12.1 Å². The van der Waals surface area contributed by atoms with E-state index < -0.39 is 0 Å². The minimum absolute atomic E-state index is 0.0206. The van der Waals surface area contributed by atoms with Gasteiger partial charge in [0.05, 0.1) is 0 Å². The molecule has 0 heterocycles. The molecule has 0 saturated heterocycles. The highest BCUT2D eigenvalue weighted by Gasteiger charge is 2.14. The Hall–Kier alpha value is -1.35. The van der Waals surface area contributed by atoms with Gasteiger partial charge in [0.2, 0.25) is 0 Å². The quantitative estimate of drug-likeness (QED) is 0.841. The number of amides is 1. The fourth-order valence-electron chi connectivity index (χ4n) is 1.48. The van der Waals surface area contributed by atoms with Gasteiger partial charge in [-0.1, -0.05) is 32.9 Å². The summed E-state index contributed by atoms with van der Waals surface area (Å²) in [6.45, 7) is 8.82. The van der Waals surface area contributed by atoms with Crippen LogP contribution in [0.2, 0.25) is 0 Å². The molecule has 0 radical (unpaired) electrons. The summed E-state index contributed by atoms with van der Waals surface area (Å²) in [6.07, 6.45) is 0. The molecule has 3 nitrogen and oxygen atoms in total. The van der Waals surface area contributed by atoms with Gasteiger partial charge >= 0.3 is 0 Å². The Morgan fingerprint density at radius 2 is 1.82 bits per heavy atom. The number of nitrogens with two attached hydrogens (primary N) is 1. The molecule has 0 aliphatic carbocycles. The van der Waals surface area contributed by atoms with Crippen molar-refractivity contribution in [2.45, 2.75) is 39.2 Å². The number of nitrogens with one attached hydrogen (secondary N) is 1. The first kappa shape index (κ1) is 13.7. The molecule has 1 unspecified atom stereocenters. The van der Waals surface area contributed by atoms with Gasteiger partial charge in [-0.3, -0.25) is 4.79 Å². The normalized spacial score (nSPS) is 13.2. The van der Waals surface area contributed by atoms with E-state index in [2.05, 4.69) is 26.1 Å². The largest absolute Gasteiger partial charge is 0.350 e. The van der Waals surface area contributed by atoms with E-state index in [0.717, 1.165) is 0 Å². The number of carbonyl (C=O) groups excluding carboxylic acids is 1. The maximum Gasteiger partial charge on any atom is 0.251 e. The zero-order valence-electron chi connectivity index (χ0n) is 11.1. The van der Waals surface area contributed by atoms with Crippen molar-refractivity contribution in [1.29, 1.82) is 0 Å². The average Bonchev–Trinajstić information content (AvgIpc) is 2.25. The highest BCUT2D eigenvalue weighted by atomic mass is 16.1. The van der Waals surface area contributed by atoms with Crippen molar-refractivity contribution in [2.24, 2.45) is 5.73 Å². The van der Waals surface area contributed by atoms with Gasteiger partial charge in [0.25, 0.3) is 5.91 Å². The number of carbonyl (C=O) groups is 1. The van der Waals surface area contributed by atoms with E-state index in [1.54, 1.807) is 0 Å². The first-order chi connectivity index (χ1) is 7.80. The van der Waals surface area contributed by atoms with Crippen molar-refractivity contribution in [1.82, 2.24) is 5.32 Å². The van der Waals surface area contributed by atoms with Crippen LogP contribution < -0.4 is 11.1 Å². The van der Waals surface area contributed by atoms with Crippen molar-refractivity contribution in [3.63, 3.8) is 0 Å². The molecule has 0 fully saturated rings. The van der Waals surface area contributed by atoms with E-state index in [9.17, 15) is 4.79 Å². The lowest BCUT2D eigenvalue weighted by Crippen LogP contribution is -2.35. The molecular formula is C14H22N2O. The van der Waals surface area contributed by atoms with E-state index in [1.165, 1.54) is 5.56 Å². The molecule has 0 bridgehead atoms. The summed E-state index contributed by atoms with van der Waals surface area (Å²) in [5.41, 5.74) is 7.60. The van der Waals surface area contributed by atoms with Crippen LogP contribution in [0, 0.1) is 0 Å². The second-order valence-corrected chi connectivity index (χ2v) is 5.51. The molecule has 0 saturated carbocycles. The Bertz CT molecular complexity index is 374. The summed E-state index contributed by atoms with van der Waals surface area (Å²) >= 11 is 0. The molecule has 17 heavy (non-hydrogen) atoms. The third kappa shape index (κ3) is 4.19. The van der Waals surface area contributed by atoms with Gasteiger partial charge < -0.3 is 11.1 Å². The summed E-state index contributed by atoms with van der Waals surface area (Å²) in [7, 11) is 0. The third-order valence-corrected chi connectivity index (χ3v) is 2.60. The summed E-state index contributed by atoms with van der Waals surface area (Å²) in [4.78, 5) is 11.7. The highest BCUT2D eigenvalue weighted by Crippen LogP contribution is 2.22. The summed E-state index contributed by atoms with van der Waals surface area (Å²) < 4.78 is 0. The molecule has 1 rings (SSSR count). The lowest BCUT2D eigenvalue weighted by molar-refractivity contribution is 0.0951. The van der Waals surface area contributed by atoms with E-state index in [1.807, 2.05) is 31.2 Å². The van der Waals surface area contributed by atoms with Crippen LogP contribution >= 0.6 is 0 Å². The van der Waals surface area contributed by atoms with Crippen LogP contribution in [-0.2, 0) is 5.41 Å². The van der Waals surface area contributed by atoms with Gasteiger partial charge in [-0.25, -0.2) is 0 Å². The standard InChI is InChI=1S/C14H22N2O/c1-10(15)9-16-13(17)11-5-7-12(8-6-11)14(2,3)4/h5-8,10H,9,15H2,1-4H3,(H,16,17). The van der Waals surface area contributed by atoms with E-state index >= 15 is 0 Å². The maximum atomic E-state index is 11.7. The average molecular weight is 234 g/mol. The zero-order valence-corrected chi connectivity index (χ0v) is 11.1. The monoisotopic (exact) mass is 234 g/mol. The van der Waals surface area contributed by atoms with Crippen molar-refractivity contribution < 1.29 is 4.79 Å². The maximum absolute atomic E-state index is 11.7. The van der Waals surface area contributed by atoms with Gasteiger partial charge in [-0.15, -0.1) is 0 Å². The van der Waals surface area contributed by atoms with Gasteiger partial charge in [0, 0.05) is 18.2 Å². The van der Waals surface area contributed by atoms with Gasteiger partial charge in [0.15, 0.2) is 0 Å². The molecule has 0 aliphatic rings. The third-order valence-electron chi connectivity index (χ3n) is 2.60. The first-order valence-electron chi connectivity index (χ1n) is 5.95. The van der Waals surface area contributed by atoms with Crippen molar-refractivity contribution in [3.8, 4) is 0 Å². The van der Waals surface area contributed by atoms with Crippen molar-refractivity contribution in [3.05, 3.63) is 35.4 Å². The molecule has 0 aliphatic heterocycles. The molecule has 0 spiro atoms. The lowest BCUT2D eigenvalue weighted by atomic mass is 9.87. The molecular weight excluding hydrogens is 212 g/mol.